The Labute approximate surface area is 233 Å². The van der Waals surface area contributed by atoms with E-state index in [-0.39, 0.29) is 17.4 Å². The highest BCUT2D eigenvalue weighted by Crippen LogP contribution is 2.35. The summed E-state index contributed by atoms with van der Waals surface area (Å²) in [5, 5.41) is 5.23. The number of aromatic nitrogens is 2. The lowest BCUT2D eigenvalue weighted by Gasteiger charge is -2.35. The van der Waals surface area contributed by atoms with Crippen LogP contribution in [0.2, 0.25) is 0 Å². The first kappa shape index (κ1) is 27.7. The van der Waals surface area contributed by atoms with Gasteiger partial charge in [-0.25, -0.2) is 18.5 Å². The molecule has 1 aliphatic rings. The standard InChI is InChI=1S/C30H29N3O6S/c1-36-30(16-19-37-20-17-30)26-10-5-9-24(32-26)21-38-18-6-11-27-33-28(22-7-3-2-4-8-22)29(39-27)23-12-14-25(15-13-23)40(31,34)35/h2-5,7-10,12-15H,16-21H2,1H3,(H2,31,34,35). The van der Waals surface area contributed by atoms with Gasteiger partial charge in [-0.05, 0) is 42.3 Å². The molecule has 2 aromatic carbocycles. The van der Waals surface area contributed by atoms with Crippen LogP contribution in [0.3, 0.4) is 0 Å². The number of primary sulfonamides is 1. The van der Waals surface area contributed by atoms with Crippen LogP contribution in [0.4, 0.5) is 0 Å². The van der Waals surface area contributed by atoms with Gasteiger partial charge in [0, 0.05) is 44.3 Å². The minimum absolute atomic E-state index is 0.0133. The number of oxazole rings is 1. The van der Waals surface area contributed by atoms with Gasteiger partial charge in [0.25, 0.3) is 5.89 Å². The number of rotatable bonds is 8. The maximum absolute atomic E-state index is 11.7. The molecule has 4 aromatic rings. The maximum atomic E-state index is 11.7. The molecule has 0 bridgehead atoms. The highest BCUT2D eigenvalue weighted by atomic mass is 32.2. The lowest BCUT2D eigenvalue weighted by Crippen LogP contribution is -2.36. The van der Waals surface area contributed by atoms with E-state index in [1.54, 1.807) is 19.2 Å². The van der Waals surface area contributed by atoms with E-state index in [4.69, 9.17) is 28.8 Å². The van der Waals surface area contributed by atoms with Crippen LogP contribution in [0.15, 0.2) is 82.1 Å². The smallest absolute Gasteiger partial charge is 0.274 e. The van der Waals surface area contributed by atoms with Crippen molar-refractivity contribution in [2.45, 2.75) is 29.9 Å². The molecule has 0 spiro atoms. The van der Waals surface area contributed by atoms with Crippen molar-refractivity contribution in [3.8, 4) is 34.4 Å². The summed E-state index contributed by atoms with van der Waals surface area (Å²) in [7, 11) is -2.10. The molecule has 1 fully saturated rings. The zero-order chi connectivity index (χ0) is 28.0. The number of hydrogen-bond donors (Lipinski definition) is 1. The summed E-state index contributed by atoms with van der Waals surface area (Å²) < 4.78 is 46.4. The third-order valence-electron chi connectivity index (χ3n) is 6.70. The number of sulfonamides is 1. The predicted molar refractivity (Wildman–Crippen MR) is 148 cm³/mol. The molecule has 10 heteroatoms. The number of benzene rings is 2. The lowest BCUT2D eigenvalue weighted by molar-refractivity contribution is -0.0974. The zero-order valence-electron chi connectivity index (χ0n) is 22.0. The average molecular weight is 560 g/mol. The number of hydrogen-bond acceptors (Lipinski definition) is 8. The van der Waals surface area contributed by atoms with E-state index in [0.29, 0.717) is 36.8 Å². The molecule has 2 N–H and O–H groups in total. The monoisotopic (exact) mass is 559 g/mol. The Bertz CT molecular complexity index is 1620. The maximum Gasteiger partial charge on any atom is 0.274 e. The summed E-state index contributed by atoms with van der Waals surface area (Å²) in [6.07, 6.45) is 1.51. The molecule has 0 radical (unpaired) electrons. The first-order chi connectivity index (χ1) is 19.4. The molecular formula is C30H29N3O6S. The Morgan fingerprint density at radius 3 is 2.40 bits per heavy atom. The minimum Gasteiger partial charge on any atom is -0.429 e. The molecule has 3 heterocycles. The van der Waals surface area contributed by atoms with Gasteiger partial charge in [0.2, 0.25) is 10.0 Å². The van der Waals surface area contributed by atoms with Gasteiger partial charge < -0.3 is 18.6 Å². The largest absolute Gasteiger partial charge is 0.429 e. The summed E-state index contributed by atoms with van der Waals surface area (Å²) in [6.45, 7) is 1.72. The molecule has 0 saturated carbocycles. The first-order valence-corrected chi connectivity index (χ1v) is 14.3. The van der Waals surface area contributed by atoms with Gasteiger partial charge in [-0.1, -0.05) is 42.3 Å². The molecule has 40 heavy (non-hydrogen) atoms. The summed E-state index contributed by atoms with van der Waals surface area (Å²) >= 11 is 0. The van der Waals surface area contributed by atoms with Crippen molar-refractivity contribution >= 4 is 10.0 Å². The minimum atomic E-state index is -3.81. The van der Waals surface area contributed by atoms with Crippen LogP contribution in [0, 0.1) is 11.8 Å². The number of pyridine rings is 1. The van der Waals surface area contributed by atoms with Crippen molar-refractivity contribution < 1.29 is 27.0 Å². The van der Waals surface area contributed by atoms with E-state index < -0.39 is 15.6 Å². The highest BCUT2D eigenvalue weighted by molar-refractivity contribution is 7.89. The van der Waals surface area contributed by atoms with Crippen LogP contribution in [0.5, 0.6) is 0 Å². The third kappa shape index (κ3) is 6.31. The molecule has 206 valence electrons. The molecule has 1 aliphatic heterocycles. The normalized spacial score (nSPS) is 14.8. The van der Waals surface area contributed by atoms with Crippen molar-refractivity contribution in [1.29, 1.82) is 0 Å². The van der Waals surface area contributed by atoms with Crippen LogP contribution in [-0.2, 0) is 36.4 Å². The number of nitrogens with two attached hydrogens (primary N) is 1. The molecule has 5 rings (SSSR count). The van der Waals surface area contributed by atoms with E-state index >= 15 is 0 Å². The Kier molecular flexibility index (Phi) is 8.40. The van der Waals surface area contributed by atoms with Crippen molar-refractivity contribution in [3.05, 3.63) is 90.1 Å². The summed E-state index contributed by atoms with van der Waals surface area (Å²) in [5.74, 6) is 6.56. The van der Waals surface area contributed by atoms with Gasteiger partial charge in [-0.15, -0.1) is 0 Å². The van der Waals surface area contributed by atoms with Crippen LogP contribution in [-0.4, -0.2) is 45.3 Å². The van der Waals surface area contributed by atoms with Gasteiger partial charge in [0.15, 0.2) is 5.76 Å². The van der Waals surface area contributed by atoms with Crippen LogP contribution in [0.1, 0.15) is 30.1 Å². The highest BCUT2D eigenvalue weighted by Gasteiger charge is 2.35. The van der Waals surface area contributed by atoms with Crippen LogP contribution in [0.25, 0.3) is 22.6 Å². The third-order valence-corrected chi connectivity index (χ3v) is 7.63. The van der Waals surface area contributed by atoms with Crippen LogP contribution < -0.4 is 5.14 Å². The van der Waals surface area contributed by atoms with E-state index in [0.717, 1.165) is 29.8 Å². The van der Waals surface area contributed by atoms with E-state index in [1.165, 1.54) is 12.1 Å². The molecule has 0 unspecified atom stereocenters. The molecule has 1 saturated heterocycles. The van der Waals surface area contributed by atoms with E-state index in [9.17, 15) is 8.42 Å². The second-order valence-corrected chi connectivity index (χ2v) is 10.8. The fourth-order valence-corrected chi connectivity index (χ4v) is 5.07. The van der Waals surface area contributed by atoms with Crippen molar-refractivity contribution in [2.75, 3.05) is 26.9 Å². The van der Waals surface area contributed by atoms with Gasteiger partial charge in [-0.2, -0.15) is 0 Å². The Hall–Kier alpha value is -3.85. The molecule has 0 atom stereocenters. The van der Waals surface area contributed by atoms with E-state index in [1.807, 2.05) is 48.5 Å². The number of methoxy groups -OCH3 is 1. The molecule has 0 aliphatic carbocycles. The van der Waals surface area contributed by atoms with Gasteiger partial charge in [0.05, 0.1) is 22.9 Å². The van der Waals surface area contributed by atoms with Crippen molar-refractivity contribution in [1.82, 2.24) is 9.97 Å². The fourth-order valence-electron chi connectivity index (χ4n) is 4.55. The molecular weight excluding hydrogens is 530 g/mol. The van der Waals surface area contributed by atoms with Crippen molar-refractivity contribution in [3.63, 3.8) is 0 Å². The Morgan fingerprint density at radius 2 is 1.70 bits per heavy atom. The van der Waals surface area contributed by atoms with Gasteiger partial charge in [-0.3, -0.25) is 4.98 Å². The van der Waals surface area contributed by atoms with Crippen molar-refractivity contribution in [2.24, 2.45) is 5.14 Å². The van der Waals surface area contributed by atoms with Crippen LogP contribution >= 0.6 is 0 Å². The average Bonchev–Trinajstić information content (AvgIpc) is 3.42. The Morgan fingerprint density at radius 1 is 0.950 bits per heavy atom. The van der Waals surface area contributed by atoms with E-state index in [2.05, 4.69) is 16.8 Å². The summed E-state index contributed by atoms with van der Waals surface area (Å²) in [5.41, 5.74) is 3.30. The first-order valence-electron chi connectivity index (χ1n) is 12.7. The molecule has 0 amide bonds. The Balaban J connectivity index is 1.30. The van der Waals surface area contributed by atoms with Gasteiger partial charge in [0.1, 0.15) is 17.9 Å². The summed E-state index contributed by atoms with van der Waals surface area (Å²) in [4.78, 5) is 9.37. The fraction of sp³-hybridized carbons (Fsp3) is 0.267. The number of nitrogens with zero attached hydrogens (tertiary/aromatic N) is 2. The second-order valence-electron chi connectivity index (χ2n) is 9.25. The summed E-state index contributed by atoms with van der Waals surface area (Å²) in [6, 6.07) is 21.5. The van der Waals surface area contributed by atoms with Gasteiger partial charge >= 0.3 is 0 Å². The quantitative estimate of drug-likeness (QED) is 0.251. The predicted octanol–water partition coefficient (Wildman–Crippen LogP) is 4.27. The molecule has 2 aromatic heterocycles. The second kappa shape index (κ2) is 12.1. The zero-order valence-corrected chi connectivity index (χ0v) is 22.8. The lowest BCUT2D eigenvalue weighted by atomic mass is 9.90. The molecule has 9 nitrogen and oxygen atoms in total. The SMILES string of the molecule is COC1(c2cccc(COCC#Cc3nc(-c4ccccc4)c(-c4ccc(S(N)(=O)=O)cc4)o3)n2)CCOCC1. The topological polar surface area (TPSA) is 127 Å². The number of ether oxygens (including phenoxy) is 3.